The van der Waals surface area contributed by atoms with Crippen LogP contribution in [-0.2, 0) is 9.84 Å². The summed E-state index contributed by atoms with van der Waals surface area (Å²) in [7, 11) is -2.87. The van der Waals surface area contributed by atoms with E-state index in [1.165, 1.54) is 0 Å². The summed E-state index contributed by atoms with van der Waals surface area (Å²) in [6.07, 6.45) is 0.688. The van der Waals surface area contributed by atoms with Crippen molar-refractivity contribution in [2.75, 3.05) is 23.0 Å². The maximum Gasteiger partial charge on any atom is 0.151 e. The molecule has 0 fully saturated rings. The quantitative estimate of drug-likeness (QED) is 0.639. The number of nitrogens with two attached hydrogens (primary N) is 1. The summed E-state index contributed by atoms with van der Waals surface area (Å²) in [5.41, 5.74) is 7.50. The largest absolute Gasteiger partial charge is 0.399 e. The average molecular weight is 273 g/mol. The van der Waals surface area contributed by atoms with Gasteiger partial charge in [0, 0.05) is 22.1 Å². The fraction of sp³-hybridized carbons (Fsp3) is 0.500. The molecule has 0 aliphatic carbocycles. The minimum atomic E-state index is -2.87. The molecule has 0 aliphatic heterocycles. The first kappa shape index (κ1) is 14.4. The van der Waals surface area contributed by atoms with E-state index in [1.54, 1.807) is 11.8 Å². The van der Waals surface area contributed by atoms with Crippen LogP contribution in [0.5, 0.6) is 0 Å². The molecular weight excluding hydrogens is 254 g/mol. The molecule has 0 aromatic heterocycles. The predicted molar refractivity (Wildman–Crippen MR) is 75.3 cm³/mol. The highest BCUT2D eigenvalue weighted by molar-refractivity contribution is 8.00. The Kier molecular flexibility index (Phi) is 5.33. The van der Waals surface area contributed by atoms with Crippen molar-refractivity contribution >= 4 is 27.3 Å². The summed E-state index contributed by atoms with van der Waals surface area (Å²) in [6.45, 7) is 3.87. The van der Waals surface area contributed by atoms with Crippen LogP contribution >= 0.6 is 11.8 Å². The molecule has 2 N–H and O–H groups in total. The van der Waals surface area contributed by atoms with Crippen LogP contribution in [0, 0.1) is 6.92 Å². The molecule has 0 atom stereocenters. The molecule has 0 saturated carbocycles. The average Bonchev–Trinajstić information content (AvgIpc) is 2.21. The van der Waals surface area contributed by atoms with Crippen molar-refractivity contribution in [1.29, 1.82) is 0 Å². The van der Waals surface area contributed by atoms with Crippen molar-refractivity contribution in [3.63, 3.8) is 0 Å². The number of aryl methyl sites for hydroxylation is 1. The summed E-state index contributed by atoms with van der Waals surface area (Å²) in [6, 6.07) is 5.69. The maximum atomic E-state index is 11.5. The summed E-state index contributed by atoms with van der Waals surface area (Å²) >= 11 is 1.57. The molecule has 0 bridgehead atoms. The van der Waals surface area contributed by atoms with E-state index in [4.69, 9.17) is 5.73 Å². The Labute approximate surface area is 108 Å². The molecular formula is C12H19NO2S2. The molecule has 0 radical (unpaired) electrons. The molecule has 17 heavy (non-hydrogen) atoms. The van der Waals surface area contributed by atoms with Gasteiger partial charge in [-0.3, -0.25) is 0 Å². The lowest BCUT2D eigenvalue weighted by Crippen LogP contribution is -2.12. The Morgan fingerprint density at radius 2 is 2.00 bits per heavy atom. The number of anilines is 1. The smallest absolute Gasteiger partial charge is 0.151 e. The van der Waals surface area contributed by atoms with Gasteiger partial charge in [-0.2, -0.15) is 0 Å². The van der Waals surface area contributed by atoms with Gasteiger partial charge in [0.25, 0.3) is 0 Å². The lowest BCUT2D eigenvalue weighted by Gasteiger charge is -2.06. The van der Waals surface area contributed by atoms with Gasteiger partial charge >= 0.3 is 0 Å². The zero-order valence-electron chi connectivity index (χ0n) is 10.3. The number of nitrogen functional groups attached to an aromatic ring is 1. The number of sulfone groups is 1. The fourth-order valence-electron chi connectivity index (χ4n) is 1.53. The second-order valence-corrected chi connectivity index (χ2v) is 7.47. The van der Waals surface area contributed by atoms with Crippen LogP contribution in [-0.4, -0.2) is 25.7 Å². The third-order valence-electron chi connectivity index (χ3n) is 2.37. The van der Waals surface area contributed by atoms with Crippen LogP contribution in [0.3, 0.4) is 0 Å². The van der Waals surface area contributed by atoms with Crippen LogP contribution in [0.4, 0.5) is 5.69 Å². The van der Waals surface area contributed by atoms with E-state index in [1.807, 2.05) is 32.0 Å². The van der Waals surface area contributed by atoms with E-state index < -0.39 is 9.84 Å². The fourth-order valence-corrected chi connectivity index (χ4v) is 4.37. The molecule has 1 aromatic rings. The molecule has 0 heterocycles. The minimum Gasteiger partial charge on any atom is -0.399 e. The van der Waals surface area contributed by atoms with Gasteiger partial charge in [-0.15, -0.1) is 11.8 Å². The van der Waals surface area contributed by atoms with Gasteiger partial charge in [-0.1, -0.05) is 6.92 Å². The van der Waals surface area contributed by atoms with Gasteiger partial charge in [0.2, 0.25) is 0 Å². The summed E-state index contributed by atoms with van der Waals surface area (Å²) < 4.78 is 23.1. The van der Waals surface area contributed by atoms with Gasteiger partial charge in [0.1, 0.15) is 0 Å². The number of hydrogen-bond acceptors (Lipinski definition) is 4. The first-order valence-electron chi connectivity index (χ1n) is 5.64. The van der Waals surface area contributed by atoms with Crippen molar-refractivity contribution in [2.24, 2.45) is 0 Å². The van der Waals surface area contributed by atoms with Crippen LogP contribution in [0.1, 0.15) is 18.9 Å². The molecule has 0 unspecified atom stereocenters. The highest BCUT2D eigenvalue weighted by Crippen LogP contribution is 2.24. The second kappa shape index (κ2) is 6.31. The molecule has 0 aliphatic rings. The van der Waals surface area contributed by atoms with Gasteiger partial charge in [0.15, 0.2) is 9.84 Å². The normalized spacial score (nSPS) is 11.6. The highest BCUT2D eigenvalue weighted by atomic mass is 32.2. The van der Waals surface area contributed by atoms with Crippen molar-refractivity contribution in [3.05, 3.63) is 23.8 Å². The Morgan fingerprint density at radius 3 is 2.59 bits per heavy atom. The molecule has 0 amide bonds. The van der Waals surface area contributed by atoms with Gasteiger partial charge in [-0.05, 0) is 37.1 Å². The Morgan fingerprint density at radius 1 is 1.29 bits per heavy atom. The van der Waals surface area contributed by atoms with E-state index in [-0.39, 0.29) is 11.5 Å². The minimum absolute atomic E-state index is 0.245. The second-order valence-electron chi connectivity index (χ2n) is 4.03. The van der Waals surface area contributed by atoms with Crippen molar-refractivity contribution < 1.29 is 8.42 Å². The predicted octanol–water partition coefficient (Wildman–Crippen LogP) is 2.49. The first-order valence-corrected chi connectivity index (χ1v) is 8.44. The van der Waals surface area contributed by atoms with Crippen LogP contribution in [0.15, 0.2) is 23.1 Å². The highest BCUT2D eigenvalue weighted by Gasteiger charge is 2.09. The first-order chi connectivity index (χ1) is 7.94. The van der Waals surface area contributed by atoms with Crippen molar-refractivity contribution in [2.45, 2.75) is 25.2 Å². The van der Waals surface area contributed by atoms with E-state index >= 15 is 0 Å². The monoisotopic (exact) mass is 273 g/mol. The molecule has 1 rings (SSSR count). The Bertz CT molecular complexity index is 469. The molecule has 1 aromatic carbocycles. The van der Waals surface area contributed by atoms with Crippen LogP contribution < -0.4 is 5.73 Å². The zero-order valence-corrected chi connectivity index (χ0v) is 11.9. The van der Waals surface area contributed by atoms with Crippen LogP contribution in [0.2, 0.25) is 0 Å². The lowest BCUT2D eigenvalue weighted by molar-refractivity contribution is 0.596. The zero-order chi connectivity index (χ0) is 12.9. The standard InChI is InChI=1S/C12H19NO2S2/c1-3-7-17(14,15)8-6-16-12-5-4-11(13)9-10(12)2/h4-5,9H,3,6-8,13H2,1-2H3. The van der Waals surface area contributed by atoms with Crippen molar-refractivity contribution in [1.82, 2.24) is 0 Å². The van der Waals surface area contributed by atoms with Crippen LogP contribution in [0.25, 0.3) is 0 Å². The molecule has 5 heteroatoms. The van der Waals surface area contributed by atoms with E-state index in [9.17, 15) is 8.42 Å². The summed E-state index contributed by atoms with van der Waals surface area (Å²) in [5, 5.41) is 0. The van der Waals surface area contributed by atoms with Gasteiger partial charge in [0.05, 0.1) is 5.75 Å². The third-order valence-corrected chi connectivity index (χ3v) is 5.66. The number of thioether (sulfide) groups is 1. The molecule has 96 valence electrons. The molecule has 0 saturated heterocycles. The Balaban J connectivity index is 2.51. The topological polar surface area (TPSA) is 60.2 Å². The Hall–Kier alpha value is -0.680. The van der Waals surface area contributed by atoms with E-state index in [2.05, 4.69) is 0 Å². The number of hydrogen-bond donors (Lipinski definition) is 1. The van der Waals surface area contributed by atoms with Crippen molar-refractivity contribution in [3.8, 4) is 0 Å². The SMILES string of the molecule is CCCS(=O)(=O)CCSc1ccc(N)cc1C. The summed E-state index contributed by atoms with van der Waals surface area (Å²) in [4.78, 5) is 1.10. The van der Waals surface area contributed by atoms with E-state index in [0.717, 1.165) is 16.1 Å². The molecule has 3 nitrogen and oxygen atoms in total. The van der Waals surface area contributed by atoms with Gasteiger partial charge < -0.3 is 5.73 Å². The van der Waals surface area contributed by atoms with E-state index in [0.29, 0.717) is 12.2 Å². The number of benzene rings is 1. The summed E-state index contributed by atoms with van der Waals surface area (Å²) in [5.74, 6) is 1.14. The maximum absolute atomic E-state index is 11.5. The van der Waals surface area contributed by atoms with Gasteiger partial charge in [-0.25, -0.2) is 8.42 Å². The molecule has 0 spiro atoms. The lowest BCUT2D eigenvalue weighted by atomic mass is 10.2. The number of rotatable bonds is 6. The third kappa shape index (κ3) is 5.00.